The van der Waals surface area contributed by atoms with Crippen molar-refractivity contribution >= 4 is 46.6 Å². The number of anilines is 1. The first-order chi connectivity index (χ1) is 12.3. The van der Waals surface area contributed by atoms with Crippen LogP contribution in [-0.4, -0.2) is 72.7 Å². The Bertz CT molecular complexity index is 519. The van der Waals surface area contributed by atoms with Gasteiger partial charge >= 0.3 is 0 Å². The second-order valence-electron chi connectivity index (χ2n) is 5.96. The maximum absolute atomic E-state index is 5.38. The summed E-state index contributed by atoms with van der Waals surface area (Å²) in [6.07, 6.45) is 3.04. The van der Waals surface area contributed by atoms with Crippen molar-refractivity contribution in [2.45, 2.75) is 40.0 Å². The SMILES string of the molecule is CCNC(=NCCCCOCC)N1CCN(c2nc(CC)ns2)CC1.I. The van der Waals surface area contributed by atoms with Gasteiger partial charge in [0, 0.05) is 70.4 Å². The Morgan fingerprint density at radius 2 is 1.96 bits per heavy atom. The molecule has 1 aliphatic heterocycles. The van der Waals surface area contributed by atoms with Crippen molar-refractivity contribution in [1.29, 1.82) is 0 Å². The van der Waals surface area contributed by atoms with E-state index in [-0.39, 0.29) is 24.0 Å². The Morgan fingerprint density at radius 1 is 1.19 bits per heavy atom. The fourth-order valence-electron chi connectivity index (χ4n) is 2.70. The molecule has 0 aromatic carbocycles. The number of rotatable bonds is 9. The largest absolute Gasteiger partial charge is 0.382 e. The van der Waals surface area contributed by atoms with Gasteiger partial charge in [-0.25, -0.2) is 4.98 Å². The van der Waals surface area contributed by atoms with Crippen molar-refractivity contribution in [3.63, 3.8) is 0 Å². The van der Waals surface area contributed by atoms with E-state index in [0.29, 0.717) is 0 Å². The van der Waals surface area contributed by atoms with Crippen LogP contribution in [0.1, 0.15) is 39.4 Å². The molecule has 1 N–H and O–H groups in total. The van der Waals surface area contributed by atoms with Crippen molar-refractivity contribution in [3.05, 3.63) is 5.82 Å². The van der Waals surface area contributed by atoms with Gasteiger partial charge in [0.05, 0.1) is 0 Å². The summed E-state index contributed by atoms with van der Waals surface area (Å²) in [4.78, 5) is 14.1. The molecule has 150 valence electrons. The highest BCUT2D eigenvalue weighted by molar-refractivity contribution is 14.0. The van der Waals surface area contributed by atoms with Gasteiger partial charge in [-0.3, -0.25) is 4.99 Å². The normalized spacial score (nSPS) is 15.1. The lowest BCUT2D eigenvalue weighted by molar-refractivity contribution is 0.144. The molecule has 2 heterocycles. The maximum atomic E-state index is 5.38. The number of nitrogens with one attached hydrogen (secondary N) is 1. The average molecular weight is 496 g/mol. The Kier molecular flexibility index (Phi) is 12.1. The number of aliphatic imine (C=N–C) groups is 1. The van der Waals surface area contributed by atoms with Crippen molar-refractivity contribution < 1.29 is 4.74 Å². The average Bonchev–Trinajstić information content (AvgIpc) is 3.13. The minimum atomic E-state index is 0. The summed E-state index contributed by atoms with van der Waals surface area (Å²) >= 11 is 1.51. The number of aryl methyl sites for hydroxylation is 1. The Labute approximate surface area is 178 Å². The number of hydrogen-bond donors (Lipinski definition) is 1. The van der Waals surface area contributed by atoms with Crippen LogP contribution in [-0.2, 0) is 11.2 Å². The Balaban J connectivity index is 0.00000338. The summed E-state index contributed by atoms with van der Waals surface area (Å²) in [7, 11) is 0. The van der Waals surface area contributed by atoms with Gasteiger partial charge < -0.3 is 19.9 Å². The zero-order valence-corrected chi connectivity index (χ0v) is 19.4. The number of aromatic nitrogens is 2. The van der Waals surface area contributed by atoms with Gasteiger partial charge in [0.15, 0.2) is 5.96 Å². The van der Waals surface area contributed by atoms with E-state index in [1.807, 2.05) is 6.92 Å². The van der Waals surface area contributed by atoms with Crippen LogP contribution in [0.2, 0.25) is 0 Å². The molecule has 1 aromatic heterocycles. The summed E-state index contributed by atoms with van der Waals surface area (Å²) < 4.78 is 9.77. The molecule has 0 saturated carbocycles. The minimum Gasteiger partial charge on any atom is -0.382 e. The number of piperazine rings is 1. The molecule has 1 saturated heterocycles. The van der Waals surface area contributed by atoms with Crippen molar-refractivity contribution in [2.24, 2.45) is 4.99 Å². The van der Waals surface area contributed by atoms with E-state index in [2.05, 4.69) is 38.3 Å². The van der Waals surface area contributed by atoms with Gasteiger partial charge in [-0.15, -0.1) is 24.0 Å². The summed E-state index contributed by atoms with van der Waals surface area (Å²) in [6.45, 7) is 13.5. The third-order valence-corrected chi connectivity index (χ3v) is 4.94. The molecule has 7 nitrogen and oxygen atoms in total. The van der Waals surface area contributed by atoms with E-state index in [1.165, 1.54) is 11.5 Å². The summed E-state index contributed by atoms with van der Waals surface area (Å²) in [5.41, 5.74) is 0. The molecule has 0 atom stereocenters. The predicted molar refractivity (Wildman–Crippen MR) is 120 cm³/mol. The van der Waals surface area contributed by atoms with Gasteiger partial charge in [-0.1, -0.05) is 6.92 Å². The topological polar surface area (TPSA) is 65.9 Å². The highest BCUT2D eigenvalue weighted by Gasteiger charge is 2.21. The highest BCUT2D eigenvalue weighted by Crippen LogP contribution is 2.19. The second-order valence-corrected chi connectivity index (χ2v) is 6.69. The first-order valence-corrected chi connectivity index (χ1v) is 10.2. The van der Waals surface area contributed by atoms with Crippen LogP contribution in [0.25, 0.3) is 0 Å². The second kappa shape index (κ2) is 13.5. The molecule has 0 bridgehead atoms. The summed E-state index contributed by atoms with van der Waals surface area (Å²) in [5, 5.41) is 4.47. The molecule has 1 aliphatic rings. The van der Waals surface area contributed by atoms with Crippen molar-refractivity contribution in [1.82, 2.24) is 19.6 Å². The summed E-state index contributed by atoms with van der Waals surface area (Å²) in [6, 6.07) is 0. The van der Waals surface area contributed by atoms with Gasteiger partial charge in [-0.2, -0.15) is 4.37 Å². The number of guanidine groups is 1. The van der Waals surface area contributed by atoms with Crippen LogP contribution >= 0.6 is 35.5 Å². The number of halogens is 1. The van der Waals surface area contributed by atoms with Gasteiger partial charge in [0.2, 0.25) is 5.13 Å². The lowest BCUT2D eigenvalue weighted by Gasteiger charge is -2.36. The molecule has 0 spiro atoms. The third-order valence-electron chi connectivity index (χ3n) is 4.12. The van der Waals surface area contributed by atoms with E-state index in [9.17, 15) is 0 Å². The molecule has 26 heavy (non-hydrogen) atoms. The minimum absolute atomic E-state index is 0. The third kappa shape index (κ3) is 7.51. The smallest absolute Gasteiger partial charge is 0.205 e. The standard InChI is InChI=1S/C17H32N6OS.HI/c1-4-15-20-17(25-21-15)23-12-10-22(11-13-23)16(18-5-2)19-9-7-8-14-24-6-3;/h4-14H2,1-3H3,(H,18,19);1H. The summed E-state index contributed by atoms with van der Waals surface area (Å²) in [5.74, 6) is 1.98. The molecule has 1 fully saturated rings. The van der Waals surface area contributed by atoms with Gasteiger partial charge in [-0.05, 0) is 26.7 Å². The molecule has 9 heteroatoms. The first kappa shape index (κ1) is 23.4. The van der Waals surface area contributed by atoms with E-state index < -0.39 is 0 Å². The lowest BCUT2D eigenvalue weighted by atomic mass is 10.3. The van der Waals surface area contributed by atoms with Crippen molar-refractivity contribution in [3.8, 4) is 0 Å². The van der Waals surface area contributed by atoms with Crippen LogP contribution in [0.15, 0.2) is 4.99 Å². The van der Waals surface area contributed by atoms with Crippen LogP contribution < -0.4 is 10.2 Å². The molecular formula is C17H33IN6OS. The van der Waals surface area contributed by atoms with E-state index in [4.69, 9.17) is 9.73 Å². The fourth-order valence-corrected chi connectivity index (χ4v) is 3.50. The molecule has 0 aliphatic carbocycles. The molecule has 2 rings (SSSR count). The number of unbranched alkanes of at least 4 members (excludes halogenated alkanes) is 1. The van der Waals surface area contributed by atoms with Crippen LogP contribution in [0.5, 0.6) is 0 Å². The molecule has 0 amide bonds. The molecular weight excluding hydrogens is 463 g/mol. The van der Waals surface area contributed by atoms with E-state index in [0.717, 1.165) is 88.7 Å². The lowest BCUT2D eigenvalue weighted by Crippen LogP contribution is -2.52. The Hall–Kier alpha value is -0.680. The number of ether oxygens (including phenoxy) is 1. The maximum Gasteiger partial charge on any atom is 0.205 e. The van der Waals surface area contributed by atoms with Crippen LogP contribution in [0, 0.1) is 0 Å². The fraction of sp³-hybridized carbons (Fsp3) is 0.824. The monoisotopic (exact) mass is 496 g/mol. The van der Waals surface area contributed by atoms with Gasteiger partial charge in [0.25, 0.3) is 0 Å². The zero-order chi connectivity index (χ0) is 17.9. The quantitative estimate of drug-likeness (QED) is 0.246. The molecule has 0 radical (unpaired) electrons. The number of nitrogens with zero attached hydrogens (tertiary/aromatic N) is 5. The van der Waals surface area contributed by atoms with Crippen LogP contribution in [0.4, 0.5) is 5.13 Å². The van der Waals surface area contributed by atoms with E-state index >= 15 is 0 Å². The molecule has 0 unspecified atom stereocenters. The predicted octanol–water partition coefficient (Wildman–Crippen LogP) is 2.62. The van der Waals surface area contributed by atoms with Crippen LogP contribution in [0.3, 0.4) is 0 Å². The first-order valence-electron chi connectivity index (χ1n) is 9.47. The van der Waals surface area contributed by atoms with Gasteiger partial charge in [0.1, 0.15) is 5.82 Å². The number of hydrogen-bond acceptors (Lipinski definition) is 6. The van der Waals surface area contributed by atoms with Crippen molar-refractivity contribution in [2.75, 3.05) is 57.4 Å². The zero-order valence-electron chi connectivity index (χ0n) is 16.2. The van der Waals surface area contributed by atoms with E-state index in [1.54, 1.807) is 0 Å². The Morgan fingerprint density at radius 3 is 2.58 bits per heavy atom. The molecule has 1 aromatic rings. The highest BCUT2D eigenvalue weighted by atomic mass is 127.